The molecule has 0 fully saturated rings. The van der Waals surface area contributed by atoms with Crippen molar-refractivity contribution in [3.05, 3.63) is 22.4 Å². The van der Waals surface area contributed by atoms with Crippen LogP contribution in [0.1, 0.15) is 18.2 Å². The third-order valence-corrected chi connectivity index (χ3v) is 3.72. The molecule has 1 heterocycles. The van der Waals surface area contributed by atoms with Gasteiger partial charge >= 0.3 is 5.97 Å². The van der Waals surface area contributed by atoms with E-state index in [0.29, 0.717) is 24.8 Å². The van der Waals surface area contributed by atoms with Gasteiger partial charge in [-0.1, -0.05) is 13.0 Å². The van der Waals surface area contributed by atoms with E-state index in [9.17, 15) is 4.79 Å². The summed E-state index contributed by atoms with van der Waals surface area (Å²) in [6.07, 6.45) is 1.39. The smallest absolute Gasteiger partial charge is 0.307 e. The SMILES string of the molecule is CN=C(NCCC(=O)OC)NCC(C)Cc1cccs1.I. The molecule has 0 aliphatic carbocycles. The minimum absolute atomic E-state index is 0. The molecule has 0 saturated heterocycles. The van der Waals surface area contributed by atoms with E-state index >= 15 is 0 Å². The number of carbonyl (C=O) groups is 1. The molecular formula is C14H24IN3O2S. The summed E-state index contributed by atoms with van der Waals surface area (Å²) in [5.74, 6) is 1.01. The quantitative estimate of drug-likeness (QED) is 0.305. The second kappa shape index (κ2) is 11.8. The summed E-state index contributed by atoms with van der Waals surface area (Å²) in [5.41, 5.74) is 0. The highest BCUT2D eigenvalue weighted by Gasteiger charge is 2.06. The lowest BCUT2D eigenvalue weighted by Gasteiger charge is -2.15. The van der Waals surface area contributed by atoms with Crippen molar-refractivity contribution in [3.63, 3.8) is 0 Å². The van der Waals surface area contributed by atoms with E-state index in [1.807, 2.05) is 0 Å². The second-order valence-corrected chi connectivity index (χ2v) is 5.63. The molecule has 2 N–H and O–H groups in total. The molecule has 1 aromatic rings. The molecule has 120 valence electrons. The van der Waals surface area contributed by atoms with Gasteiger partial charge in [0.1, 0.15) is 0 Å². The lowest BCUT2D eigenvalue weighted by molar-refractivity contribution is -0.140. The van der Waals surface area contributed by atoms with E-state index in [1.165, 1.54) is 12.0 Å². The predicted octanol–water partition coefficient (Wildman–Crippen LogP) is 2.27. The van der Waals surface area contributed by atoms with Crippen molar-refractivity contribution in [1.29, 1.82) is 0 Å². The molecule has 5 nitrogen and oxygen atoms in total. The zero-order chi connectivity index (χ0) is 14.8. The van der Waals surface area contributed by atoms with E-state index < -0.39 is 0 Å². The number of esters is 1. The highest BCUT2D eigenvalue weighted by molar-refractivity contribution is 14.0. The van der Waals surface area contributed by atoms with Gasteiger partial charge in [-0.05, 0) is 23.8 Å². The van der Waals surface area contributed by atoms with Gasteiger partial charge in [-0.3, -0.25) is 9.79 Å². The molecular weight excluding hydrogens is 401 g/mol. The van der Waals surface area contributed by atoms with Crippen molar-refractivity contribution >= 4 is 47.2 Å². The molecule has 1 unspecified atom stereocenters. The molecule has 0 amide bonds. The number of carbonyl (C=O) groups excluding carboxylic acids is 1. The van der Waals surface area contributed by atoms with Gasteiger partial charge in [0.15, 0.2) is 5.96 Å². The Bertz CT molecular complexity index is 424. The molecule has 1 atom stereocenters. The molecule has 1 aromatic heterocycles. The average Bonchev–Trinajstić information content (AvgIpc) is 2.95. The highest BCUT2D eigenvalue weighted by Crippen LogP contribution is 2.13. The second-order valence-electron chi connectivity index (χ2n) is 4.59. The van der Waals surface area contributed by atoms with Crippen LogP contribution in [0.2, 0.25) is 0 Å². The number of rotatable bonds is 7. The number of thiophene rings is 1. The number of nitrogens with one attached hydrogen (secondary N) is 2. The number of hydrogen-bond donors (Lipinski definition) is 2. The fourth-order valence-corrected chi connectivity index (χ4v) is 2.59. The van der Waals surface area contributed by atoms with Crippen molar-refractivity contribution in [2.75, 3.05) is 27.2 Å². The third kappa shape index (κ3) is 8.92. The third-order valence-electron chi connectivity index (χ3n) is 2.82. The van der Waals surface area contributed by atoms with Gasteiger partial charge in [0.25, 0.3) is 0 Å². The van der Waals surface area contributed by atoms with Crippen molar-refractivity contribution in [2.45, 2.75) is 19.8 Å². The fraction of sp³-hybridized carbons (Fsp3) is 0.571. The number of ether oxygens (including phenoxy) is 1. The number of halogens is 1. The number of hydrogen-bond acceptors (Lipinski definition) is 4. The number of methoxy groups -OCH3 is 1. The van der Waals surface area contributed by atoms with Crippen molar-refractivity contribution in [3.8, 4) is 0 Å². The van der Waals surface area contributed by atoms with Gasteiger partial charge in [0, 0.05) is 25.0 Å². The number of nitrogens with zero attached hydrogens (tertiary/aromatic N) is 1. The molecule has 0 saturated carbocycles. The summed E-state index contributed by atoms with van der Waals surface area (Å²) in [7, 11) is 3.11. The summed E-state index contributed by atoms with van der Waals surface area (Å²) >= 11 is 1.79. The van der Waals surface area contributed by atoms with E-state index in [2.05, 4.69) is 44.8 Å². The van der Waals surface area contributed by atoms with Crippen LogP contribution in [-0.2, 0) is 16.0 Å². The van der Waals surface area contributed by atoms with Crippen LogP contribution >= 0.6 is 35.3 Å². The van der Waals surface area contributed by atoms with E-state index in [0.717, 1.165) is 13.0 Å². The molecule has 0 radical (unpaired) electrons. The minimum Gasteiger partial charge on any atom is -0.469 e. The first-order valence-corrected chi connectivity index (χ1v) is 7.57. The lowest BCUT2D eigenvalue weighted by Crippen LogP contribution is -2.40. The molecule has 7 heteroatoms. The van der Waals surface area contributed by atoms with Gasteiger partial charge in [0.05, 0.1) is 13.5 Å². The Morgan fingerprint density at radius 3 is 2.81 bits per heavy atom. The zero-order valence-corrected chi connectivity index (χ0v) is 15.9. The molecule has 0 bridgehead atoms. The van der Waals surface area contributed by atoms with Crippen LogP contribution in [0.15, 0.2) is 22.5 Å². The monoisotopic (exact) mass is 425 g/mol. The Balaban J connectivity index is 0.00000400. The van der Waals surface area contributed by atoms with Crippen LogP contribution in [0.5, 0.6) is 0 Å². The maximum Gasteiger partial charge on any atom is 0.307 e. The largest absolute Gasteiger partial charge is 0.469 e. The summed E-state index contributed by atoms with van der Waals surface area (Å²) in [4.78, 5) is 16.5. The van der Waals surface area contributed by atoms with Gasteiger partial charge in [0.2, 0.25) is 0 Å². The Hall–Kier alpha value is -0.830. The van der Waals surface area contributed by atoms with Crippen LogP contribution in [0.3, 0.4) is 0 Å². The van der Waals surface area contributed by atoms with Crippen LogP contribution in [0.4, 0.5) is 0 Å². The Kier molecular flexibility index (Phi) is 11.3. The maximum absolute atomic E-state index is 11.0. The number of aliphatic imine (C=N–C) groups is 1. The fourth-order valence-electron chi connectivity index (χ4n) is 1.72. The highest BCUT2D eigenvalue weighted by atomic mass is 127. The van der Waals surface area contributed by atoms with Crippen LogP contribution < -0.4 is 10.6 Å². The first-order valence-electron chi connectivity index (χ1n) is 6.69. The first kappa shape index (κ1) is 20.2. The topological polar surface area (TPSA) is 62.7 Å². The molecule has 0 aliphatic rings. The molecule has 0 aliphatic heterocycles. The Morgan fingerprint density at radius 2 is 2.24 bits per heavy atom. The van der Waals surface area contributed by atoms with Crippen LogP contribution in [-0.4, -0.2) is 39.2 Å². The maximum atomic E-state index is 11.0. The molecule has 21 heavy (non-hydrogen) atoms. The van der Waals surface area contributed by atoms with Gasteiger partial charge in [-0.2, -0.15) is 0 Å². The first-order chi connectivity index (χ1) is 9.65. The van der Waals surface area contributed by atoms with E-state index in [-0.39, 0.29) is 29.9 Å². The molecule has 0 spiro atoms. The summed E-state index contributed by atoms with van der Waals surface area (Å²) in [6.45, 7) is 3.57. The number of guanidine groups is 1. The normalized spacial score (nSPS) is 12.2. The van der Waals surface area contributed by atoms with Crippen molar-refractivity contribution in [2.24, 2.45) is 10.9 Å². The molecule has 1 rings (SSSR count). The van der Waals surface area contributed by atoms with Gasteiger partial charge < -0.3 is 15.4 Å². The van der Waals surface area contributed by atoms with E-state index in [1.54, 1.807) is 18.4 Å². The summed E-state index contributed by atoms with van der Waals surface area (Å²) in [5, 5.41) is 8.45. The zero-order valence-electron chi connectivity index (χ0n) is 12.7. The minimum atomic E-state index is -0.223. The van der Waals surface area contributed by atoms with Crippen LogP contribution in [0.25, 0.3) is 0 Å². The van der Waals surface area contributed by atoms with Gasteiger partial charge in [-0.15, -0.1) is 35.3 Å². The average molecular weight is 425 g/mol. The Labute approximate surface area is 147 Å². The standard InChI is InChI=1S/C14H23N3O2S.HI/c1-11(9-12-5-4-8-20-12)10-17-14(15-2)16-7-6-13(18)19-3;/h4-5,8,11H,6-7,9-10H2,1-3H3,(H2,15,16,17);1H. The summed E-state index contributed by atoms with van der Waals surface area (Å²) < 4.78 is 4.58. The Morgan fingerprint density at radius 1 is 1.48 bits per heavy atom. The van der Waals surface area contributed by atoms with Gasteiger partial charge in [-0.25, -0.2) is 0 Å². The van der Waals surface area contributed by atoms with Crippen molar-refractivity contribution < 1.29 is 9.53 Å². The van der Waals surface area contributed by atoms with Crippen LogP contribution in [0, 0.1) is 5.92 Å². The summed E-state index contributed by atoms with van der Waals surface area (Å²) in [6, 6.07) is 4.23. The lowest BCUT2D eigenvalue weighted by atomic mass is 10.1. The molecule has 0 aromatic carbocycles. The predicted molar refractivity (Wildman–Crippen MR) is 98.6 cm³/mol. The van der Waals surface area contributed by atoms with Crippen molar-refractivity contribution in [1.82, 2.24) is 10.6 Å². The van der Waals surface area contributed by atoms with E-state index in [4.69, 9.17) is 0 Å².